The van der Waals surface area contributed by atoms with E-state index in [1.54, 1.807) is 18.3 Å². The van der Waals surface area contributed by atoms with Crippen molar-refractivity contribution >= 4 is 6.29 Å². The molecule has 0 unspecified atom stereocenters. The van der Waals surface area contributed by atoms with E-state index in [4.69, 9.17) is 9.47 Å². The Morgan fingerprint density at radius 1 is 1.38 bits per heavy atom. The van der Waals surface area contributed by atoms with Gasteiger partial charge < -0.3 is 9.47 Å². The van der Waals surface area contributed by atoms with E-state index in [0.717, 1.165) is 6.29 Å². The lowest BCUT2D eigenvalue weighted by Crippen LogP contribution is -2.22. The van der Waals surface area contributed by atoms with Crippen LogP contribution in [0.5, 0.6) is 5.88 Å². The minimum Gasteiger partial charge on any atom is -0.475 e. The standard InChI is InChI=1S/C12H17NO3/c1-12(2,3)16-8-7-15-11-10(9-14)5-4-6-13-11/h4-6,9H,7-8H2,1-3H3. The fourth-order valence-electron chi connectivity index (χ4n) is 1.10. The Balaban J connectivity index is 2.40. The molecule has 1 aromatic heterocycles. The highest BCUT2D eigenvalue weighted by Gasteiger charge is 2.10. The average molecular weight is 223 g/mol. The Morgan fingerprint density at radius 3 is 2.75 bits per heavy atom. The van der Waals surface area contributed by atoms with Gasteiger partial charge in [0.1, 0.15) is 6.61 Å². The molecule has 0 N–H and O–H groups in total. The van der Waals surface area contributed by atoms with Crippen molar-refractivity contribution in [3.63, 3.8) is 0 Å². The molecule has 4 heteroatoms. The van der Waals surface area contributed by atoms with Crippen molar-refractivity contribution in [2.24, 2.45) is 0 Å². The Labute approximate surface area is 95.6 Å². The summed E-state index contributed by atoms with van der Waals surface area (Å²) in [6.45, 7) is 6.79. The van der Waals surface area contributed by atoms with E-state index in [9.17, 15) is 4.79 Å². The van der Waals surface area contributed by atoms with E-state index >= 15 is 0 Å². The molecular formula is C12H17NO3. The molecule has 0 spiro atoms. The van der Waals surface area contributed by atoms with Gasteiger partial charge in [-0.25, -0.2) is 4.98 Å². The summed E-state index contributed by atoms with van der Waals surface area (Å²) < 4.78 is 10.8. The second-order valence-electron chi connectivity index (χ2n) is 4.32. The van der Waals surface area contributed by atoms with E-state index in [1.807, 2.05) is 20.8 Å². The van der Waals surface area contributed by atoms with E-state index in [2.05, 4.69) is 4.98 Å². The molecule has 1 aromatic rings. The van der Waals surface area contributed by atoms with Gasteiger partial charge in [-0.3, -0.25) is 4.79 Å². The molecule has 0 saturated carbocycles. The number of carbonyl (C=O) groups is 1. The summed E-state index contributed by atoms with van der Waals surface area (Å²) in [5, 5.41) is 0. The number of nitrogens with zero attached hydrogens (tertiary/aromatic N) is 1. The molecular weight excluding hydrogens is 206 g/mol. The number of pyridine rings is 1. The number of hydrogen-bond acceptors (Lipinski definition) is 4. The lowest BCUT2D eigenvalue weighted by atomic mass is 10.2. The number of hydrogen-bond donors (Lipinski definition) is 0. The average Bonchev–Trinajstić information content (AvgIpc) is 2.23. The Bertz CT molecular complexity index is 344. The van der Waals surface area contributed by atoms with Gasteiger partial charge in [0.25, 0.3) is 0 Å². The van der Waals surface area contributed by atoms with Crippen LogP contribution < -0.4 is 4.74 Å². The SMILES string of the molecule is CC(C)(C)OCCOc1ncccc1C=O. The molecule has 0 radical (unpaired) electrons. The lowest BCUT2D eigenvalue weighted by Gasteiger charge is -2.19. The molecule has 0 saturated heterocycles. The second-order valence-corrected chi connectivity index (χ2v) is 4.32. The van der Waals surface area contributed by atoms with Crippen molar-refractivity contribution < 1.29 is 14.3 Å². The Hall–Kier alpha value is -1.42. The fourth-order valence-corrected chi connectivity index (χ4v) is 1.10. The Kier molecular flexibility index (Phi) is 4.43. The van der Waals surface area contributed by atoms with Crippen LogP contribution in [0.2, 0.25) is 0 Å². The van der Waals surface area contributed by atoms with Gasteiger partial charge >= 0.3 is 0 Å². The smallest absolute Gasteiger partial charge is 0.224 e. The molecule has 0 fully saturated rings. The van der Waals surface area contributed by atoms with Crippen LogP contribution in [0, 0.1) is 0 Å². The summed E-state index contributed by atoms with van der Waals surface area (Å²) in [6.07, 6.45) is 2.32. The van der Waals surface area contributed by atoms with Crippen LogP contribution in [-0.4, -0.2) is 30.1 Å². The maximum absolute atomic E-state index is 10.7. The third-order valence-corrected chi connectivity index (χ3v) is 1.78. The number of carbonyl (C=O) groups excluding carboxylic acids is 1. The van der Waals surface area contributed by atoms with Crippen LogP contribution in [0.1, 0.15) is 31.1 Å². The molecule has 0 aliphatic heterocycles. The lowest BCUT2D eigenvalue weighted by molar-refractivity contribution is -0.0168. The maximum atomic E-state index is 10.7. The van der Waals surface area contributed by atoms with Crippen molar-refractivity contribution in [1.82, 2.24) is 4.98 Å². The van der Waals surface area contributed by atoms with Gasteiger partial charge in [0.05, 0.1) is 17.8 Å². The van der Waals surface area contributed by atoms with E-state index in [1.165, 1.54) is 0 Å². The molecule has 0 atom stereocenters. The van der Waals surface area contributed by atoms with Crippen LogP contribution in [0.15, 0.2) is 18.3 Å². The summed E-state index contributed by atoms with van der Waals surface area (Å²) in [7, 11) is 0. The number of ether oxygens (including phenoxy) is 2. The van der Waals surface area contributed by atoms with Gasteiger partial charge in [0, 0.05) is 6.20 Å². The highest BCUT2D eigenvalue weighted by molar-refractivity contribution is 5.77. The van der Waals surface area contributed by atoms with Gasteiger partial charge in [0.2, 0.25) is 5.88 Å². The molecule has 0 amide bonds. The minimum atomic E-state index is -0.180. The van der Waals surface area contributed by atoms with Crippen molar-refractivity contribution in [2.45, 2.75) is 26.4 Å². The topological polar surface area (TPSA) is 48.4 Å². The van der Waals surface area contributed by atoms with Gasteiger partial charge in [0.15, 0.2) is 6.29 Å². The molecule has 0 aromatic carbocycles. The van der Waals surface area contributed by atoms with Crippen LogP contribution in [0.4, 0.5) is 0 Å². The molecule has 1 heterocycles. The molecule has 0 aliphatic carbocycles. The maximum Gasteiger partial charge on any atom is 0.224 e. The summed E-state index contributed by atoms with van der Waals surface area (Å²) in [5.41, 5.74) is 0.277. The molecule has 0 aliphatic rings. The molecule has 16 heavy (non-hydrogen) atoms. The third-order valence-electron chi connectivity index (χ3n) is 1.78. The van der Waals surface area contributed by atoms with E-state index in [0.29, 0.717) is 24.7 Å². The van der Waals surface area contributed by atoms with Crippen molar-refractivity contribution in [1.29, 1.82) is 0 Å². The Morgan fingerprint density at radius 2 is 2.12 bits per heavy atom. The summed E-state index contributed by atoms with van der Waals surface area (Å²) in [4.78, 5) is 14.6. The number of aromatic nitrogens is 1. The highest BCUT2D eigenvalue weighted by Crippen LogP contribution is 2.12. The van der Waals surface area contributed by atoms with Crippen LogP contribution >= 0.6 is 0 Å². The first kappa shape index (κ1) is 12.6. The zero-order valence-corrected chi connectivity index (χ0v) is 9.90. The second kappa shape index (κ2) is 5.61. The summed E-state index contributed by atoms with van der Waals surface area (Å²) >= 11 is 0. The number of aldehydes is 1. The van der Waals surface area contributed by atoms with Gasteiger partial charge in [-0.2, -0.15) is 0 Å². The minimum absolute atomic E-state index is 0.180. The monoisotopic (exact) mass is 223 g/mol. The van der Waals surface area contributed by atoms with Crippen molar-refractivity contribution in [3.05, 3.63) is 23.9 Å². The highest BCUT2D eigenvalue weighted by atomic mass is 16.5. The molecule has 0 bridgehead atoms. The first-order valence-electron chi connectivity index (χ1n) is 5.20. The zero-order valence-electron chi connectivity index (χ0n) is 9.90. The van der Waals surface area contributed by atoms with Crippen LogP contribution in [0.25, 0.3) is 0 Å². The molecule has 88 valence electrons. The van der Waals surface area contributed by atoms with Gasteiger partial charge in [-0.15, -0.1) is 0 Å². The predicted molar refractivity (Wildman–Crippen MR) is 60.8 cm³/mol. The normalized spacial score (nSPS) is 11.2. The largest absolute Gasteiger partial charge is 0.475 e. The van der Waals surface area contributed by atoms with Crippen LogP contribution in [0.3, 0.4) is 0 Å². The quantitative estimate of drug-likeness (QED) is 0.566. The van der Waals surface area contributed by atoms with E-state index in [-0.39, 0.29) is 5.60 Å². The van der Waals surface area contributed by atoms with Crippen LogP contribution in [-0.2, 0) is 4.74 Å². The molecule has 1 rings (SSSR count). The van der Waals surface area contributed by atoms with E-state index < -0.39 is 0 Å². The first-order chi connectivity index (χ1) is 7.53. The van der Waals surface area contributed by atoms with Gasteiger partial charge in [-0.05, 0) is 32.9 Å². The predicted octanol–water partition coefficient (Wildman–Crippen LogP) is 2.09. The third kappa shape index (κ3) is 4.40. The van der Waals surface area contributed by atoms with Crippen molar-refractivity contribution in [3.8, 4) is 5.88 Å². The van der Waals surface area contributed by atoms with Gasteiger partial charge in [-0.1, -0.05) is 0 Å². The summed E-state index contributed by atoms with van der Waals surface area (Å²) in [6, 6.07) is 3.36. The van der Waals surface area contributed by atoms with Crippen molar-refractivity contribution in [2.75, 3.05) is 13.2 Å². The summed E-state index contributed by atoms with van der Waals surface area (Å²) in [5.74, 6) is 0.356. The molecule has 4 nitrogen and oxygen atoms in total. The number of rotatable bonds is 5. The fraction of sp³-hybridized carbons (Fsp3) is 0.500. The zero-order chi connectivity index (χ0) is 12.0. The first-order valence-corrected chi connectivity index (χ1v) is 5.20.